The minimum absolute atomic E-state index is 0.723. The molecule has 0 heterocycles. The van der Waals surface area contributed by atoms with Crippen molar-refractivity contribution >= 4 is 17.3 Å². The number of nitrogens with one attached hydrogen (secondary N) is 1. The van der Waals surface area contributed by atoms with Crippen LogP contribution in [0.1, 0.15) is 24.5 Å². The van der Waals surface area contributed by atoms with E-state index >= 15 is 0 Å². The lowest BCUT2D eigenvalue weighted by atomic mass is 10.1. The first-order chi connectivity index (χ1) is 9.72. The van der Waals surface area contributed by atoms with E-state index in [2.05, 4.69) is 18.3 Å². The number of rotatable bonds is 6. The van der Waals surface area contributed by atoms with Gasteiger partial charge < -0.3 is 10.1 Å². The normalized spacial score (nSPS) is 10.3. The molecule has 0 aromatic heterocycles. The molecule has 1 N–H and O–H groups in total. The van der Waals surface area contributed by atoms with E-state index in [1.165, 1.54) is 0 Å². The van der Waals surface area contributed by atoms with Gasteiger partial charge in [0.15, 0.2) is 0 Å². The van der Waals surface area contributed by atoms with E-state index in [4.69, 9.17) is 16.3 Å². The minimum atomic E-state index is 0.723. The molecule has 106 valence electrons. The fraction of sp³-hybridized carbons (Fsp3) is 0.294. The monoisotopic (exact) mass is 289 g/mol. The fourth-order valence-electron chi connectivity index (χ4n) is 1.99. The van der Waals surface area contributed by atoms with E-state index in [0.717, 1.165) is 47.2 Å². The maximum atomic E-state index is 6.13. The summed E-state index contributed by atoms with van der Waals surface area (Å²) in [5, 5.41) is 4.21. The van der Waals surface area contributed by atoms with Gasteiger partial charge in [0, 0.05) is 22.8 Å². The molecule has 0 aliphatic rings. The van der Waals surface area contributed by atoms with E-state index in [0.29, 0.717) is 0 Å². The SMILES string of the molecule is CCCOc1ccccc1CNc1cccc(Cl)c1C. The summed E-state index contributed by atoms with van der Waals surface area (Å²) in [6, 6.07) is 14.0. The quantitative estimate of drug-likeness (QED) is 0.803. The van der Waals surface area contributed by atoms with E-state index in [-0.39, 0.29) is 0 Å². The molecule has 2 rings (SSSR count). The van der Waals surface area contributed by atoms with Crippen molar-refractivity contribution < 1.29 is 4.74 Å². The van der Waals surface area contributed by atoms with Gasteiger partial charge in [-0.3, -0.25) is 0 Å². The summed E-state index contributed by atoms with van der Waals surface area (Å²) in [5.74, 6) is 0.946. The van der Waals surface area contributed by atoms with Crippen LogP contribution in [0.15, 0.2) is 42.5 Å². The zero-order chi connectivity index (χ0) is 14.4. The molecule has 2 aromatic rings. The fourth-order valence-corrected chi connectivity index (χ4v) is 2.17. The second kappa shape index (κ2) is 7.20. The van der Waals surface area contributed by atoms with Crippen LogP contribution in [-0.2, 0) is 6.54 Å². The maximum Gasteiger partial charge on any atom is 0.124 e. The van der Waals surface area contributed by atoms with Gasteiger partial charge in [-0.15, -0.1) is 0 Å². The highest BCUT2D eigenvalue weighted by molar-refractivity contribution is 6.31. The van der Waals surface area contributed by atoms with Gasteiger partial charge in [0.1, 0.15) is 5.75 Å². The summed E-state index contributed by atoms with van der Waals surface area (Å²) in [4.78, 5) is 0. The van der Waals surface area contributed by atoms with Gasteiger partial charge in [-0.25, -0.2) is 0 Å². The van der Waals surface area contributed by atoms with Gasteiger partial charge in [0.05, 0.1) is 6.61 Å². The van der Waals surface area contributed by atoms with Crippen LogP contribution in [0.25, 0.3) is 0 Å². The third-order valence-corrected chi connectivity index (χ3v) is 3.58. The highest BCUT2D eigenvalue weighted by Crippen LogP contribution is 2.25. The van der Waals surface area contributed by atoms with Crippen LogP contribution in [0.4, 0.5) is 5.69 Å². The second-order valence-corrected chi connectivity index (χ2v) is 5.13. The number of halogens is 1. The number of hydrogen-bond acceptors (Lipinski definition) is 2. The molecule has 0 bridgehead atoms. The summed E-state index contributed by atoms with van der Waals surface area (Å²) in [6.45, 7) is 5.59. The summed E-state index contributed by atoms with van der Waals surface area (Å²) in [7, 11) is 0. The number of ether oxygens (including phenoxy) is 1. The third-order valence-electron chi connectivity index (χ3n) is 3.17. The van der Waals surface area contributed by atoms with E-state index < -0.39 is 0 Å². The Kier molecular flexibility index (Phi) is 5.31. The first-order valence-electron chi connectivity index (χ1n) is 6.92. The summed E-state index contributed by atoms with van der Waals surface area (Å²) in [6.07, 6.45) is 1.01. The van der Waals surface area contributed by atoms with Crippen LogP contribution in [-0.4, -0.2) is 6.61 Å². The van der Waals surface area contributed by atoms with Crippen LogP contribution < -0.4 is 10.1 Å². The Morgan fingerprint density at radius 2 is 1.90 bits per heavy atom. The van der Waals surface area contributed by atoms with Gasteiger partial charge >= 0.3 is 0 Å². The van der Waals surface area contributed by atoms with Crippen molar-refractivity contribution in [1.82, 2.24) is 0 Å². The Morgan fingerprint density at radius 3 is 2.70 bits per heavy atom. The van der Waals surface area contributed by atoms with Gasteiger partial charge in [-0.05, 0) is 37.1 Å². The highest BCUT2D eigenvalue weighted by Gasteiger charge is 2.05. The van der Waals surface area contributed by atoms with Crippen molar-refractivity contribution in [3.63, 3.8) is 0 Å². The van der Waals surface area contributed by atoms with E-state index in [9.17, 15) is 0 Å². The standard InChI is InChI=1S/C17H20ClNO/c1-3-11-20-17-10-5-4-7-14(17)12-19-16-9-6-8-15(18)13(16)2/h4-10,19H,3,11-12H2,1-2H3. The van der Waals surface area contributed by atoms with Crippen LogP contribution in [0.5, 0.6) is 5.75 Å². The lowest BCUT2D eigenvalue weighted by Crippen LogP contribution is -2.04. The van der Waals surface area contributed by atoms with E-state index in [1.807, 2.05) is 43.3 Å². The zero-order valence-corrected chi connectivity index (χ0v) is 12.7. The predicted molar refractivity (Wildman–Crippen MR) is 85.7 cm³/mol. The van der Waals surface area contributed by atoms with Crippen LogP contribution >= 0.6 is 11.6 Å². The first-order valence-corrected chi connectivity index (χ1v) is 7.30. The molecule has 3 heteroatoms. The molecule has 2 aromatic carbocycles. The molecule has 0 aliphatic heterocycles. The molecule has 0 fully saturated rings. The Balaban J connectivity index is 2.09. The number of hydrogen-bond donors (Lipinski definition) is 1. The molecule has 0 radical (unpaired) electrons. The minimum Gasteiger partial charge on any atom is -0.493 e. The van der Waals surface area contributed by atoms with Crippen molar-refractivity contribution in [2.75, 3.05) is 11.9 Å². The average Bonchev–Trinajstić information content (AvgIpc) is 2.47. The molecular weight excluding hydrogens is 270 g/mol. The second-order valence-electron chi connectivity index (χ2n) is 4.72. The summed E-state index contributed by atoms with van der Waals surface area (Å²) >= 11 is 6.13. The predicted octanol–water partition coefficient (Wildman–Crippen LogP) is 5.05. The number of para-hydroxylation sites is 1. The number of anilines is 1. The number of benzene rings is 2. The molecule has 0 spiro atoms. The van der Waals surface area contributed by atoms with E-state index in [1.54, 1.807) is 0 Å². The molecule has 0 unspecified atom stereocenters. The van der Waals surface area contributed by atoms with Crippen molar-refractivity contribution in [3.8, 4) is 5.75 Å². The van der Waals surface area contributed by atoms with Crippen LogP contribution in [0.3, 0.4) is 0 Å². The molecular formula is C17H20ClNO. The van der Waals surface area contributed by atoms with Crippen molar-refractivity contribution in [2.45, 2.75) is 26.8 Å². The third kappa shape index (κ3) is 3.67. The summed E-state index contributed by atoms with van der Waals surface area (Å²) in [5.41, 5.74) is 3.28. The maximum absolute atomic E-state index is 6.13. The Labute approximate surface area is 125 Å². The van der Waals surface area contributed by atoms with Crippen molar-refractivity contribution in [3.05, 3.63) is 58.6 Å². The first kappa shape index (κ1) is 14.7. The molecule has 20 heavy (non-hydrogen) atoms. The van der Waals surface area contributed by atoms with Crippen LogP contribution in [0.2, 0.25) is 5.02 Å². The van der Waals surface area contributed by atoms with Gasteiger partial charge in [0.2, 0.25) is 0 Å². The smallest absolute Gasteiger partial charge is 0.124 e. The Hall–Kier alpha value is -1.67. The molecule has 2 nitrogen and oxygen atoms in total. The van der Waals surface area contributed by atoms with Crippen LogP contribution in [0, 0.1) is 6.92 Å². The van der Waals surface area contributed by atoms with Gasteiger partial charge in [0.25, 0.3) is 0 Å². The average molecular weight is 290 g/mol. The topological polar surface area (TPSA) is 21.3 Å². The molecule has 0 saturated heterocycles. The lowest BCUT2D eigenvalue weighted by Gasteiger charge is -2.14. The molecule has 0 amide bonds. The lowest BCUT2D eigenvalue weighted by molar-refractivity contribution is 0.314. The largest absolute Gasteiger partial charge is 0.493 e. The Morgan fingerprint density at radius 1 is 1.10 bits per heavy atom. The van der Waals surface area contributed by atoms with Gasteiger partial charge in [-0.2, -0.15) is 0 Å². The Bertz CT molecular complexity index is 569. The summed E-state index contributed by atoms with van der Waals surface area (Å²) < 4.78 is 5.76. The highest BCUT2D eigenvalue weighted by atomic mass is 35.5. The molecule has 0 aliphatic carbocycles. The molecule has 0 saturated carbocycles. The zero-order valence-electron chi connectivity index (χ0n) is 11.9. The van der Waals surface area contributed by atoms with Crippen molar-refractivity contribution in [1.29, 1.82) is 0 Å². The van der Waals surface area contributed by atoms with Crippen molar-refractivity contribution in [2.24, 2.45) is 0 Å². The van der Waals surface area contributed by atoms with Gasteiger partial charge in [-0.1, -0.05) is 42.8 Å². The molecule has 0 atom stereocenters.